The van der Waals surface area contributed by atoms with Crippen LogP contribution in [0.4, 0.5) is 9.18 Å². The molecule has 0 atom stereocenters. The summed E-state index contributed by atoms with van der Waals surface area (Å²) in [5.41, 5.74) is -0.509. The van der Waals surface area contributed by atoms with Gasteiger partial charge in [-0.15, -0.1) is 0 Å². The number of amides is 1. The van der Waals surface area contributed by atoms with Crippen molar-refractivity contribution in [3.63, 3.8) is 0 Å². The zero-order valence-electron chi connectivity index (χ0n) is 14.3. The van der Waals surface area contributed by atoms with E-state index in [0.29, 0.717) is 31.4 Å². The number of nitriles is 1. The maximum atomic E-state index is 13.3. The van der Waals surface area contributed by atoms with Gasteiger partial charge in [-0.3, -0.25) is 0 Å². The highest BCUT2D eigenvalue weighted by Crippen LogP contribution is 2.22. The molecule has 6 heteroatoms. The number of likely N-dealkylation sites (tertiary alicyclic amines) is 1. The molecular formula is C18H23FN2O3. The third-order valence-corrected chi connectivity index (χ3v) is 3.81. The highest BCUT2D eigenvalue weighted by atomic mass is 19.1. The van der Waals surface area contributed by atoms with Crippen molar-refractivity contribution in [2.24, 2.45) is 5.92 Å². The second kappa shape index (κ2) is 7.52. The lowest BCUT2D eigenvalue weighted by atomic mass is 9.98. The first-order valence-corrected chi connectivity index (χ1v) is 8.09. The molecule has 0 spiro atoms. The van der Waals surface area contributed by atoms with Crippen LogP contribution in [0.5, 0.6) is 5.75 Å². The van der Waals surface area contributed by atoms with Gasteiger partial charge >= 0.3 is 6.09 Å². The van der Waals surface area contributed by atoms with E-state index in [0.717, 1.165) is 12.8 Å². The van der Waals surface area contributed by atoms with Gasteiger partial charge in [-0.2, -0.15) is 5.26 Å². The van der Waals surface area contributed by atoms with Crippen molar-refractivity contribution in [1.29, 1.82) is 5.26 Å². The van der Waals surface area contributed by atoms with E-state index in [1.54, 1.807) is 11.0 Å². The van der Waals surface area contributed by atoms with Gasteiger partial charge in [0.2, 0.25) is 0 Å². The standard InChI is InChI=1S/C18H23FN2O3/c1-18(2,3)24-17(22)21-8-6-13(7-9-21)12-23-15-4-5-16(19)14(10-15)11-20/h4-5,10,13H,6-9,12H2,1-3H3. The fourth-order valence-corrected chi connectivity index (χ4v) is 2.50. The maximum absolute atomic E-state index is 13.3. The first kappa shape index (κ1) is 18.1. The average molecular weight is 334 g/mol. The predicted octanol–water partition coefficient (Wildman–Crippen LogP) is 3.72. The summed E-state index contributed by atoms with van der Waals surface area (Å²) in [4.78, 5) is 13.7. The molecule has 1 heterocycles. The van der Waals surface area contributed by atoms with Gasteiger partial charge in [-0.05, 0) is 51.7 Å². The number of benzene rings is 1. The maximum Gasteiger partial charge on any atom is 0.410 e. The van der Waals surface area contributed by atoms with Crippen LogP contribution < -0.4 is 4.74 Å². The Bertz CT molecular complexity index is 626. The Morgan fingerprint density at radius 1 is 1.38 bits per heavy atom. The molecule has 0 N–H and O–H groups in total. The lowest BCUT2D eigenvalue weighted by Crippen LogP contribution is -2.42. The molecule has 1 aromatic carbocycles. The van der Waals surface area contributed by atoms with E-state index >= 15 is 0 Å². The molecule has 130 valence electrons. The number of carbonyl (C=O) groups excluding carboxylic acids is 1. The Morgan fingerprint density at radius 3 is 2.62 bits per heavy atom. The van der Waals surface area contributed by atoms with Crippen LogP contribution in [0.2, 0.25) is 0 Å². The Kier molecular flexibility index (Phi) is 5.66. The van der Waals surface area contributed by atoms with Gasteiger partial charge in [0.05, 0.1) is 12.2 Å². The van der Waals surface area contributed by atoms with E-state index in [1.807, 2.05) is 20.8 Å². The molecule has 0 bridgehead atoms. The van der Waals surface area contributed by atoms with Crippen molar-refractivity contribution in [3.05, 3.63) is 29.6 Å². The van der Waals surface area contributed by atoms with Crippen LogP contribution >= 0.6 is 0 Å². The topological polar surface area (TPSA) is 62.6 Å². The molecule has 1 aliphatic rings. The third-order valence-electron chi connectivity index (χ3n) is 3.81. The first-order chi connectivity index (χ1) is 11.3. The minimum absolute atomic E-state index is 0.0211. The van der Waals surface area contributed by atoms with Crippen LogP contribution in [0.15, 0.2) is 18.2 Å². The molecular weight excluding hydrogens is 311 g/mol. The van der Waals surface area contributed by atoms with E-state index in [-0.39, 0.29) is 11.7 Å². The largest absolute Gasteiger partial charge is 0.493 e. The highest BCUT2D eigenvalue weighted by molar-refractivity contribution is 5.68. The molecule has 0 aliphatic carbocycles. The van der Waals surface area contributed by atoms with Crippen molar-refractivity contribution in [2.45, 2.75) is 39.2 Å². The normalized spacial score (nSPS) is 15.7. The van der Waals surface area contributed by atoms with Gasteiger partial charge in [0, 0.05) is 19.2 Å². The number of rotatable bonds is 3. The third kappa shape index (κ3) is 5.12. The molecule has 0 aromatic heterocycles. The van der Waals surface area contributed by atoms with Crippen molar-refractivity contribution in [2.75, 3.05) is 19.7 Å². The number of carbonyl (C=O) groups is 1. The zero-order valence-corrected chi connectivity index (χ0v) is 14.3. The van der Waals surface area contributed by atoms with E-state index in [4.69, 9.17) is 14.7 Å². The van der Waals surface area contributed by atoms with Gasteiger partial charge in [0.15, 0.2) is 0 Å². The van der Waals surface area contributed by atoms with Crippen LogP contribution in [0.1, 0.15) is 39.2 Å². The van der Waals surface area contributed by atoms with Crippen molar-refractivity contribution in [1.82, 2.24) is 4.90 Å². The number of halogens is 1. The predicted molar refractivity (Wildman–Crippen MR) is 87.1 cm³/mol. The molecule has 24 heavy (non-hydrogen) atoms. The molecule has 0 radical (unpaired) electrons. The Hall–Kier alpha value is -2.29. The molecule has 5 nitrogen and oxygen atoms in total. The minimum atomic E-state index is -0.546. The van der Waals surface area contributed by atoms with Crippen molar-refractivity contribution in [3.8, 4) is 11.8 Å². The van der Waals surface area contributed by atoms with E-state index in [1.165, 1.54) is 18.2 Å². The van der Waals surface area contributed by atoms with Crippen molar-refractivity contribution >= 4 is 6.09 Å². The van der Waals surface area contributed by atoms with Crippen LogP contribution in [0, 0.1) is 23.1 Å². The molecule has 1 aromatic rings. The lowest BCUT2D eigenvalue weighted by Gasteiger charge is -2.33. The summed E-state index contributed by atoms with van der Waals surface area (Å²) < 4.78 is 24.3. The number of hydrogen-bond acceptors (Lipinski definition) is 4. The monoisotopic (exact) mass is 334 g/mol. The molecule has 1 aliphatic heterocycles. The number of hydrogen-bond donors (Lipinski definition) is 0. The van der Waals surface area contributed by atoms with Crippen LogP contribution in [-0.4, -0.2) is 36.3 Å². The van der Waals surface area contributed by atoms with E-state index in [9.17, 15) is 9.18 Å². The Morgan fingerprint density at radius 2 is 2.04 bits per heavy atom. The van der Waals surface area contributed by atoms with E-state index < -0.39 is 11.4 Å². The fourth-order valence-electron chi connectivity index (χ4n) is 2.50. The van der Waals surface area contributed by atoms with Crippen LogP contribution in [0.25, 0.3) is 0 Å². The summed E-state index contributed by atoms with van der Waals surface area (Å²) in [6, 6.07) is 5.96. The lowest BCUT2D eigenvalue weighted by molar-refractivity contribution is 0.0165. The molecule has 1 fully saturated rings. The van der Waals surface area contributed by atoms with E-state index in [2.05, 4.69) is 0 Å². The number of piperidine rings is 1. The Labute approximate surface area is 142 Å². The van der Waals surface area contributed by atoms with Crippen molar-refractivity contribution < 1.29 is 18.7 Å². The fraction of sp³-hybridized carbons (Fsp3) is 0.556. The van der Waals surface area contributed by atoms with Crippen LogP contribution in [0.3, 0.4) is 0 Å². The number of ether oxygens (including phenoxy) is 2. The molecule has 1 amide bonds. The van der Waals surface area contributed by atoms with Gasteiger partial charge in [0.1, 0.15) is 23.2 Å². The first-order valence-electron chi connectivity index (χ1n) is 8.09. The van der Waals surface area contributed by atoms with Gasteiger partial charge in [-0.25, -0.2) is 9.18 Å². The molecule has 1 saturated heterocycles. The summed E-state index contributed by atoms with van der Waals surface area (Å²) in [6.45, 7) is 7.31. The van der Waals surface area contributed by atoms with Crippen LogP contribution in [-0.2, 0) is 4.74 Å². The van der Waals surface area contributed by atoms with Gasteiger partial charge in [-0.1, -0.05) is 0 Å². The second-order valence-corrected chi connectivity index (χ2v) is 6.98. The summed E-state index contributed by atoms with van der Waals surface area (Å²) in [5, 5.41) is 8.83. The molecule has 0 unspecified atom stereocenters. The second-order valence-electron chi connectivity index (χ2n) is 6.98. The quantitative estimate of drug-likeness (QED) is 0.845. The summed E-state index contributed by atoms with van der Waals surface area (Å²) in [5.74, 6) is 0.261. The minimum Gasteiger partial charge on any atom is -0.493 e. The SMILES string of the molecule is CC(C)(C)OC(=O)N1CCC(COc2ccc(F)c(C#N)c2)CC1. The molecule has 2 rings (SSSR count). The summed E-state index contributed by atoms with van der Waals surface area (Å²) >= 11 is 0. The Balaban J connectivity index is 1.79. The van der Waals surface area contributed by atoms with Gasteiger partial charge < -0.3 is 14.4 Å². The molecule has 0 saturated carbocycles. The highest BCUT2D eigenvalue weighted by Gasteiger charge is 2.27. The number of nitrogens with zero attached hydrogens (tertiary/aromatic N) is 2. The zero-order chi connectivity index (χ0) is 17.7. The summed E-state index contributed by atoms with van der Waals surface area (Å²) in [7, 11) is 0. The summed E-state index contributed by atoms with van der Waals surface area (Å²) in [6.07, 6.45) is 1.37. The average Bonchev–Trinajstić information content (AvgIpc) is 2.53. The smallest absolute Gasteiger partial charge is 0.410 e. The van der Waals surface area contributed by atoms with Gasteiger partial charge in [0.25, 0.3) is 0 Å².